The van der Waals surface area contributed by atoms with Crippen molar-refractivity contribution in [3.8, 4) is 10.4 Å². The van der Waals surface area contributed by atoms with Gasteiger partial charge in [0.25, 0.3) is 0 Å². The predicted octanol–water partition coefficient (Wildman–Crippen LogP) is 4.67. The van der Waals surface area contributed by atoms with Gasteiger partial charge in [0.05, 0.1) is 11.4 Å². The summed E-state index contributed by atoms with van der Waals surface area (Å²) < 4.78 is 5.82. The van der Waals surface area contributed by atoms with Crippen LogP contribution in [0, 0.1) is 0 Å². The zero-order valence-corrected chi connectivity index (χ0v) is 17.0. The maximum atomic E-state index is 12.1. The first-order valence-corrected chi connectivity index (χ1v) is 10.1. The van der Waals surface area contributed by atoms with E-state index in [9.17, 15) is 9.59 Å². The van der Waals surface area contributed by atoms with Crippen molar-refractivity contribution in [2.45, 2.75) is 13.5 Å². The molecule has 30 heavy (non-hydrogen) atoms. The second-order valence-electron chi connectivity index (χ2n) is 6.75. The molecule has 3 aromatic heterocycles. The molecule has 3 N–H and O–H groups in total. The van der Waals surface area contributed by atoms with Crippen LogP contribution in [-0.2, 0) is 11.3 Å². The average Bonchev–Trinajstić information content (AvgIpc) is 3.38. The molecule has 0 spiro atoms. The molecule has 0 atom stereocenters. The molecule has 6 nitrogen and oxygen atoms in total. The van der Waals surface area contributed by atoms with Gasteiger partial charge in [0, 0.05) is 22.5 Å². The molecule has 0 aliphatic carbocycles. The maximum Gasteiger partial charge on any atom is 0.244 e. The molecular formula is C23H19N3O3S. The molecule has 1 aromatic carbocycles. The molecule has 4 aromatic rings. The Morgan fingerprint density at radius 1 is 1.17 bits per heavy atom. The summed E-state index contributed by atoms with van der Waals surface area (Å²) in [5, 5.41) is 3.75. The third-order valence-electron chi connectivity index (χ3n) is 4.48. The minimum atomic E-state index is -0.233. The van der Waals surface area contributed by atoms with Crippen LogP contribution in [0.15, 0.2) is 65.2 Å². The third kappa shape index (κ3) is 4.47. The Hall–Kier alpha value is -3.71. The monoisotopic (exact) mass is 417 g/mol. The number of nitrogen functional groups attached to an aromatic ring is 1. The third-order valence-corrected chi connectivity index (χ3v) is 5.71. The molecule has 1 amide bonds. The Kier molecular flexibility index (Phi) is 5.45. The molecule has 4 rings (SSSR count). The molecule has 150 valence electrons. The largest absolute Gasteiger partial charge is 0.459 e. The lowest BCUT2D eigenvalue weighted by Crippen LogP contribution is -2.19. The van der Waals surface area contributed by atoms with Crippen molar-refractivity contribution in [1.82, 2.24) is 10.3 Å². The van der Waals surface area contributed by atoms with Crippen LogP contribution in [0.4, 0.5) is 5.82 Å². The van der Waals surface area contributed by atoms with Gasteiger partial charge in [-0.15, -0.1) is 11.3 Å². The van der Waals surface area contributed by atoms with Gasteiger partial charge < -0.3 is 15.5 Å². The molecule has 0 saturated carbocycles. The van der Waals surface area contributed by atoms with E-state index in [1.807, 2.05) is 36.4 Å². The van der Waals surface area contributed by atoms with Gasteiger partial charge in [-0.2, -0.15) is 0 Å². The molecule has 0 radical (unpaired) electrons. The van der Waals surface area contributed by atoms with Crippen LogP contribution in [0.1, 0.15) is 27.9 Å². The number of benzene rings is 1. The van der Waals surface area contributed by atoms with Gasteiger partial charge in [-0.25, -0.2) is 4.98 Å². The number of pyridine rings is 1. The van der Waals surface area contributed by atoms with Gasteiger partial charge in [-0.05, 0) is 72.7 Å². The number of hydrogen-bond acceptors (Lipinski definition) is 6. The summed E-state index contributed by atoms with van der Waals surface area (Å²) >= 11 is 1.47. The number of carbonyl (C=O) groups excluding carboxylic acids is 2. The Morgan fingerprint density at radius 2 is 2.03 bits per heavy atom. The number of amides is 1. The lowest BCUT2D eigenvalue weighted by molar-refractivity contribution is -0.116. The quantitative estimate of drug-likeness (QED) is 0.351. The van der Waals surface area contributed by atoms with Crippen LogP contribution in [0.25, 0.3) is 27.5 Å². The normalized spacial score (nSPS) is 11.2. The Morgan fingerprint density at radius 3 is 2.77 bits per heavy atom. The van der Waals surface area contributed by atoms with Crippen LogP contribution < -0.4 is 11.1 Å². The van der Waals surface area contributed by atoms with E-state index in [-0.39, 0.29) is 18.2 Å². The highest BCUT2D eigenvalue weighted by molar-refractivity contribution is 7.17. The first-order chi connectivity index (χ1) is 14.5. The number of fused-ring (bicyclic) bond motifs is 1. The molecule has 0 fully saturated rings. The van der Waals surface area contributed by atoms with E-state index in [4.69, 9.17) is 10.2 Å². The van der Waals surface area contributed by atoms with Crippen LogP contribution in [0.2, 0.25) is 0 Å². The first kappa shape index (κ1) is 19.6. The van der Waals surface area contributed by atoms with Gasteiger partial charge in [0.2, 0.25) is 5.91 Å². The number of nitrogens with zero attached hydrogens (tertiary/aromatic N) is 1. The summed E-state index contributed by atoms with van der Waals surface area (Å²) in [6.07, 6.45) is 4.71. The number of ketones is 1. The topological polar surface area (TPSA) is 98.2 Å². The van der Waals surface area contributed by atoms with Crippen molar-refractivity contribution in [2.24, 2.45) is 0 Å². The zero-order chi connectivity index (χ0) is 21.1. The van der Waals surface area contributed by atoms with Crippen LogP contribution in [0.3, 0.4) is 0 Å². The highest BCUT2D eigenvalue weighted by atomic mass is 32.1. The van der Waals surface area contributed by atoms with E-state index >= 15 is 0 Å². The minimum Gasteiger partial charge on any atom is -0.459 e. The Balaban J connectivity index is 1.42. The summed E-state index contributed by atoms with van der Waals surface area (Å²) in [6, 6.07) is 15.1. The van der Waals surface area contributed by atoms with E-state index in [1.165, 1.54) is 17.4 Å². The fourth-order valence-corrected chi connectivity index (χ4v) is 3.84. The van der Waals surface area contributed by atoms with Crippen molar-refractivity contribution >= 4 is 45.9 Å². The van der Waals surface area contributed by atoms with E-state index in [2.05, 4.69) is 10.3 Å². The minimum absolute atomic E-state index is 0.0652. The fraction of sp³-hybridized carbons (Fsp3) is 0.0870. The van der Waals surface area contributed by atoms with Crippen LogP contribution >= 0.6 is 11.3 Å². The average molecular weight is 417 g/mol. The standard InChI is InChI=1S/C23H19N3O3S/c1-14(27)20-6-7-21(30-20)16-4-5-19-17(10-16)11-18(29-19)13-26-23(28)9-3-15-2-8-22(24)25-12-15/h2-12H,13H2,1H3,(H2,24,25)(H,26,28)/b9-3+. The van der Waals surface area contributed by atoms with Crippen molar-refractivity contribution < 1.29 is 14.0 Å². The molecular weight excluding hydrogens is 398 g/mol. The fourth-order valence-electron chi connectivity index (χ4n) is 2.94. The molecule has 0 aliphatic rings. The van der Waals surface area contributed by atoms with Crippen molar-refractivity contribution in [2.75, 3.05) is 5.73 Å². The number of hydrogen-bond donors (Lipinski definition) is 2. The van der Waals surface area contributed by atoms with E-state index in [1.54, 1.807) is 31.3 Å². The number of aromatic nitrogens is 1. The van der Waals surface area contributed by atoms with E-state index < -0.39 is 0 Å². The van der Waals surface area contributed by atoms with Crippen molar-refractivity contribution in [3.63, 3.8) is 0 Å². The Bertz CT molecular complexity index is 1250. The van der Waals surface area contributed by atoms with E-state index in [0.29, 0.717) is 11.6 Å². The van der Waals surface area contributed by atoms with Gasteiger partial charge in [-0.1, -0.05) is 0 Å². The number of anilines is 1. The molecule has 0 saturated heterocycles. The highest BCUT2D eigenvalue weighted by Crippen LogP contribution is 2.31. The smallest absolute Gasteiger partial charge is 0.244 e. The number of Topliss-reactive ketones (excluding diaryl/α,β-unsaturated/α-hetero) is 1. The number of rotatable bonds is 6. The lowest BCUT2D eigenvalue weighted by Gasteiger charge is -1.98. The Labute approximate surface area is 177 Å². The lowest BCUT2D eigenvalue weighted by atomic mass is 10.1. The van der Waals surface area contributed by atoms with Gasteiger partial charge >= 0.3 is 0 Å². The van der Waals surface area contributed by atoms with Crippen LogP contribution in [0.5, 0.6) is 0 Å². The van der Waals surface area contributed by atoms with Crippen LogP contribution in [-0.4, -0.2) is 16.7 Å². The number of nitrogens with one attached hydrogen (secondary N) is 1. The molecule has 0 bridgehead atoms. The maximum absolute atomic E-state index is 12.1. The summed E-state index contributed by atoms with van der Waals surface area (Å²) in [5.74, 6) is 0.926. The predicted molar refractivity (Wildman–Crippen MR) is 119 cm³/mol. The number of furan rings is 1. The molecule has 7 heteroatoms. The summed E-state index contributed by atoms with van der Waals surface area (Å²) in [4.78, 5) is 29.3. The number of nitrogens with two attached hydrogens (primary N) is 1. The second kappa shape index (κ2) is 8.34. The van der Waals surface area contributed by atoms with Crippen molar-refractivity contribution in [3.05, 3.63) is 77.0 Å². The van der Waals surface area contributed by atoms with Crippen molar-refractivity contribution in [1.29, 1.82) is 0 Å². The molecule has 0 unspecified atom stereocenters. The molecule has 3 heterocycles. The first-order valence-electron chi connectivity index (χ1n) is 9.29. The zero-order valence-electron chi connectivity index (χ0n) is 16.2. The molecule has 0 aliphatic heterocycles. The van der Waals surface area contributed by atoms with Gasteiger partial charge in [0.1, 0.15) is 17.2 Å². The second-order valence-corrected chi connectivity index (χ2v) is 7.84. The summed E-state index contributed by atoms with van der Waals surface area (Å²) in [7, 11) is 0. The number of carbonyl (C=O) groups is 2. The summed E-state index contributed by atoms with van der Waals surface area (Å²) in [6.45, 7) is 1.85. The highest BCUT2D eigenvalue weighted by Gasteiger charge is 2.10. The number of thiophene rings is 1. The van der Waals surface area contributed by atoms with E-state index in [0.717, 1.165) is 31.9 Å². The van der Waals surface area contributed by atoms with Gasteiger partial charge in [0.15, 0.2) is 5.78 Å². The SMILES string of the molecule is CC(=O)c1ccc(-c2ccc3oc(CNC(=O)/C=C/c4ccc(N)nc4)cc3c2)s1. The summed E-state index contributed by atoms with van der Waals surface area (Å²) in [5.41, 5.74) is 8.10. The van der Waals surface area contributed by atoms with Gasteiger partial charge in [-0.3, -0.25) is 9.59 Å².